The summed E-state index contributed by atoms with van der Waals surface area (Å²) in [6.45, 7) is 5.75. The van der Waals surface area contributed by atoms with Gasteiger partial charge in [0.1, 0.15) is 5.60 Å². The largest absolute Gasteiger partial charge is 0.444 e. The Labute approximate surface area is 138 Å². The van der Waals surface area contributed by atoms with Crippen LogP contribution in [0.1, 0.15) is 44.2 Å². The molecular formula is C16H19ClF3NO2. The van der Waals surface area contributed by atoms with Gasteiger partial charge in [-0.2, -0.15) is 13.2 Å². The SMILES string of the molecule is CC(C)(C)OC(=O)N1CCC(c2c(Cl)cccc2C(F)(F)F)C1. The molecule has 23 heavy (non-hydrogen) atoms. The maximum Gasteiger partial charge on any atom is 0.416 e. The lowest BCUT2D eigenvalue weighted by Crippen LogP contribution is -2.35. The van der Waals surface area contributed by atoms with Gasteiger partial charge in [-0.3, -0.25) is 0 Å². The molecular weight excluding hydrogens is 331 g/mol. The summed E-state index contributed by atoms with van der Waals surface area (Å²) in [6.07, 6.45) is -4.56. The molecule has 0 bridgehead atoms. The molecule has 0 radical (unpaired) electrons. The number of halogens is 4. The first-order valence-corrected chi connectivity index (χ1v) is 7.70. The lowest BCUT2D eigenvalue weighted by molar-refractivity contribution is -0.138. The number of amides is 1. The number of alkyl halides is 3. The molecule has 1 aromatic carbocycles. The molecule has 1 saturated heterocycles. The number of carbonyl (C=O) groups is 1. The molecule has 1 aliphatic rings. The van der Waals surface area contributed by atoms with Gasteiger partial charge < -0.3 is 9.64 Å². The number of benzene rings is 1. The average Bonchev–Trinajstić information content (AvgIpc) is 2.84. The van der Waals surface area contributed by atoms with Crippen molar-refractivity contribution in [3.05, 3.63) is 34.3 Å². The van der Waals surface area contributed by atoms with E-state index in [-0.39, 0.29) is 17.1 Å². The minimum Gasteiger partial charge on any atom is -0.444 e. The van der Waals surface area contributed by atoms with Crippen LogP contribution in [0.25, 0.3) is 0 Å². The smallest absolute Gasteiger partial charge is 0.416 e. The monoisotopic (exact) mass is 349 g/mol. The Morgan fingerprint density at radius 1 is 1.30 bits per heavy atom. The first kappa shape index (κ1) is 17.9. The topological polar surface area (TPSA) is 29.5 Å². The van der Waals surface area contributed by atoms with Crippen LogP contribution in [0, 0.1) is 0 Å². The highest BCUT2D eigenvalue weighted by molar-refractivity contribution is 6.31. The van der Waals surface area contributed by atoms with E-state index in [1.807, 2.05) is 0 Å². The summed E-state index contributed by atoms with van der Waals surface area (Å²) in [5, 5.41) is 0.0795. The van der Waals surface area contributed by atoms with Crippen molar-refractivity contribution in [2.45, 2.75) is 44.9 Å². The van der Waals surface area contributed by atoms with Crippen LogP contribution in [0.5, 0.6) is 0 Å². The number of hydrogen-bond acceptors (Lipinski definition) is 2. The second-order valence-corrected chi connectivity index (χ2v) is 7.02. The molecule has 1 amide bonds. The third kappa shape index (κ3) is 4.31. The van der Waals surface area contributed by atoms with Crippen molar-refractivity contribution in [1.82, 2.24) is 4.90 Å². The number of likely N-dealkylation sites (tertiary alicyclic amines) is 1. The van der Waals surface area contributed by atoms with E-state index in [0.29, 0.717) is 13.0 Å². The van der Waals surface area contributed by atoms with Gasteiger partial charge in [0.2, 0.25) is 0 Å². The van der Waals surface area contributed by atoms with Gasteiger partial charge in [0.15, 0.2) is 0 Å². The third-order valence-corrected chi connectivity index (χ3v) is 3.94. The molecule has 0 aromatic heterocycles. The van der Waals surface area contributed by atoms with Crippen molar-refractivity contribution in [2.24, 2.45) is 0 Å². The summed E-state index contributed by atoms with van der Waals surface area (Å²) in [7, 11) is 0. The number of ether oxygens (including phenoxy) is 1. The van der Waals surface area contributed by atoms with Crippen LogP contribution in [-0.2, 0) is 10.9 Å². The van der Waals surface area contributed by atoms with Crippen LogP contribution in [-0.4, -0.2) is 29.7 Å². The second kappa shape index (κ2) is 6.23. The highest BCUT2D eigenvalue weighted by atomic mass is 35.5. The van der Waals surface area contributed by atoms with E-state index in [1.54, 1.807) is 20.8 Å². The van der Waals surface area contributed by atoms with Crippen LogP contribution in [0.4, 0.5) is 18.0 Å². The van der Waals surface area contributed by atoms with E-state index in [2.05, 4.69) is 0 Å². The third-order valence-electron chi connectivity index (χ3n) is 3.61. The summed E-state index contributed by atoms with van der Waals surface area (Å²) in [6, 6.07) is 3.76. The molecule has 1 atom stereocenters. The molecule has 128 valence electrons. The minimum atomic E-state index is -4.47. The maximum atomic E-state index is 13.2. The predicted octanol–water partition coefficient (Wildman–Crippen LogP) is 5.08. The Morgan fingerprint density at radius 3 is 2.52 bits per heavy atom. The van der Waals surface area contributed by atoms with Crippen LogP contribution in [0.15, 0.2) is 18.2 Å². The Bertz CT molecular complexity index is 596. The van der Waals surface area contributed by atoms with E-state index >= 15 is 0 Å². The van der Waals surface area contributed by atoms with Crippen molar-refractivity contribution < 1.29 is 22.7 Å². The van der Waals surface area contributed by atoms with Crippen molar-refractivity contribution in [3.8, 4) is 0 Å². The van der Waals surface area contributed by atoms with Crippen molar-refractivity contribution >= 4 is 17.7 Å². The fourth-order valence-electron chi connectivity index (χ4n) is 2.69. The molecule has 1 fully saturated rings. The molecule has 7 heteroatoms. The summed E-state index contributed by atoms with van der Waals surface area (Å²) in [5.74, 6) is -0.451. The maximum absolute atomic E-state index is 13.2. The Hall–Kier alpha value is -1.43. The molecule has 0 spiro atoms. The van der Waals surface area contributed by atoms with Crippen LogP contribution >= 0.6 is 11.6 Å². The van der Waals surface area contributed by atoms with Gasteiger partial charge in [-0.15, -0.1) is 0 Å². The van der Waals surface area contributed by atoms with E-state index in [9.17, 15) is 18.0 Å². The zero-order valence-electron chi connectivity index (χ0n) is 13.2. The summed E-state index contributed by atoms with van der Waals surface area (Å²) in [5.41, 5.74) is -1.31. The van der Waals surface area contributed by atoms with Crippen LogP contribution in [0.3, 0.4) is 0 Å². The van der Waals surface area contributed by atoms with Gasteiger partial charge in [0.05, 0.1) is 5.56 Å². The summed E-state index contributed by atoms with van der Waals surface area (Å²) < 4.78 is 44.9. The van der Waals surface area contributed by atoms with E-state index in [1.165, 1.54) is 17.0 Å². The fraction of sp³-hybridized carbons (Fsp3) is 0.562. The Kier molecular flexibility index (Phi) is 4.85. The number of rotatable bonds is 1. The van der Waals surface area contributed by atoms with Gasteiger partial charge in [0.25, 0.3) is 0 Å². The quantitative estimate of drug-likeness (QED) is 0.707. The fourth-order valence-corrected chi connectivity index (χ4v) is 3.02. The zero-order valence-corrected chi connectivity index (χ0v) is 14.0. The van der Waals surface area contributed by atoms with Gasteiger partial charge >= 0.3 is 12.3 Å². The van der Waals surface area contributed by atoms with E-state index in [0.717, 1.165) is 6.07 Å². The number of hydrogen-bond donors (Lipinski definition) is 0. The second-order valence-electron chi connectivity index (χ2n) is 6.61. The van der Waals surface area contributed by atoms with Gasteiger partial charge in [-0.1, -0.05) is 17.7 Å². The molecule has 1 heterocycles. The summed E-state index contributed by atoms with van der Waals surface area (Å²) >= 11 is 6.01. The van der Waals surface area contributed by atoms with E-state index in [4.69, 9.17) is 16.3 Å². The Morgan fingerprint density at radius 2 is 1.96 bits per heavy atom. The average molecular weight is 350 g/mol. The first-order chi connectivity index (χ1) is 10.5. The van der Waals surface area contributed by atoms with E-state index < -0.39 is 29.4 Å². The van der Waals surface area contributed by atoms with Crippen LogP contribution in [0.2, 0.25) is 5.02 Å². The molecule has 1 aromatic rings. The molecule has 1 aliphatic heterocycles. The number of carbonyl (C=O) groups excluding carboxylic acids is 1. The highest BCUT2D eigenvalue weighted by Gasteiger charge is 2.39. The van der Waals surface area contributed by atoms with Crippen LogP contribution < -0.4 is 0 Å². The van der Waals surface area contributed by atoms with Crippen molar-refractivity contribution in [2.75, 3.05) is 13.1 Å². The zero-order chi connectivity index (χ0) is 17.4. The first-order valence-electron chi connectivity index (χ1n) is 7.32. The molecule has 2 rings (SSSR count). The van der Waals surface area contributed by atoms with Crippen molar-refractivity contribution in [1.29, 1.82) is 0 Å². The highest BCUT2D eigenvalue weighted by Crippen LogP contribution is 2.41. The van der Waals surface area contributed by atoms with Crippen molar-refractivity contribution in [3.63, 3.8) is 0 Å². The van der Waals surface area contributed by atoms with Gasteiger partial charge in [-0.25, -0.2) is 4.79 Å². The molecule has 1 unspecified atom stereocenters. The lowest BCUT2D eigenvalue weighted by atomic mass is 9.93. The van der Waals surface area contributed by atoms with Gasteiger partial charge in [0, 0.05) is 24.0 Å². The van der Waals surface area contributed by atoms with Gasteiger partial charge in [-0.05, 0) is 44.9 Å². The standard InChI is InChI=1S/C16H19ClF3NO2/c1-15(2,3)23-14(22)21-8-7-10(9-21)13-11(16(18,19)20)5-4-6-12(13)17/h4-6,10H,7-9H2,1-3H3. The molecule has 0 aliphatic carbocycles. The normalized spacial score (nSPS) is 19.1. The minimum absolute atomic E-state index is 0.0627. The summed E-state index contributed by atoms with van der Waals surface area (Å²) in [4.78, 5) is 13.5. The lowest BCUT2D eigenvalue weighted by Gasteiger charge is -2.25. The predicted molar refractivity (Wildman–Crippen MR) is 81.6 cm³/mol. The molecule has 0 N–H and O–H groups in total. The molecule has 0 saturated carbocycles. The number of nitrogens with zero attached hydrogens (tertiary/aromatic N) is 1. The Balaban J connectivity index is 2.21. The molecule has 3 nitrogen and oxygen atoms in total.